The van der Waals surface area contributed by atoms with Gasteiger partial charge in [0.2, 0.25) is 15.9 Å². The van der Waals surface area contributed by atoms with Gasteiger partial charge in [0.25, 0.3) is 0 Å². The van der Waals surface area contributed by atoms with E-state index in [9.17, 15) is 13.2 Å². The molecule has 0 bridgehead atoms. The van der Waals surface area contributed by atoms with E-state index in [1.54, 1.807) is 0 Å². The molecule has 0 aliphatic rings. The number of benzene rings is 1. The molecule has 0 atom stereocenters. The molecular formula is C13H21N3O3S. The fourth-order valence-electron chi connectivity index (χ4n) is 1.83. The average molecular weight is 299 g/mol. The van der Waals surface area contributed by atoms with Crippen LogP contribution in [-0.4, -0.2) is 20.9 Å². The Balaban J connectivity index is 2.95. The van der Waals surface area contributed by atoms with Crippen LogP contribution < -0.4 is 16.2 Å². The molecule has 0 unspecified atom stereocenters. The summed E-state index contributed by atoms with van der Waals surface area (Å²) in [7, 11) is -3.68. The van der Waals surface area contributed by atoms with Crippen LogP contribution in [0, 0.1) is 5.92 Å². The van der Waals surface area contributed by atoms with Crippen LogP contribution in [0.25, 0.3) is 0 Å². The van der Waals surface area contributed by atoms with Crippen molar-refractivity contribution < 1.29 is 13.2 Å². The summed E-state index contributed by atoms with van der Waals surface area (Å²) in [5, 5.41) is 0. The quantitative estimate of drug-likeness (QED) is 0.653. The SMILES string of the molecule is CCC(CC)CNS(=O)(=O)c1ccc(C(N)=O)cc1N. The summed E-state index contributed by atoms with van der Waals surface area (Å²) in [6.07, 6.45) is 1.80. The number of primary amides is 1. The first-order chi connectivity index (χ1) is 9.31. The summed E-state index contributed by atoms with van der Waals surface area (Å²) in [6.45, 7) is 4.39. The van der Waals surface area contributed by atoms with Crippen molar-refractivity contribution in [1.29, 1.82) is 0 Å². The minimum atomic E-state index is -3.68. The first kappa shape index (κ1) is 16.5. The first-order valence-corrected chi connectivity index (χ1v) is 7.99. The molecular weight excluding hydrogens is 278 g/mol. The Morgan fingerprint density at radius 2 is 1.90 bits per heavy atom. The number of rotatable bonds is 7. The minimum absolute atomic E-state index is 0.0124. The van der Waals surface area contributed by atoms with Crippen LogP contribution in [0.2, 0.25) is 0 Å². The average Bonchev–Trinajstić information content (AvgIpc) is 2.39. The molecule has 1 aromatic rings. The predicted molar refractivity (Wildman–Crippen MR) is 78.6 cm³/mol. The third-order valence-corrected chi connectivity index (χ3v) is 4.80. The van der Waals surface area contributed by atoms with Gasteiger partial charge in [-0.1, -0.05) is 26.7 Å². The number of nitrogens with one attached hydrogen (secondary N) is 1. The molecule has 1 amide bonds. The normalized spacial score (nSPS) is 11.8. The van der Waals surface area contributed by atoms with Gasteiger partial charge in [0.15, 0.2) is 0 Å². The zero-order valence-electron chi connectivity index (χ0n) is 11.7. The molecule has 0 aromatic heterocycles. The van der Waals surface area contributed by atoms with Crippen LogP contribution in [0.5, 0.6) is 0 Å². The molecule has 0 heterocycles. The van der Waals surface area contributed by atoms with Crippen molar-refractivity contribution in [3.63, 3.8) is 0 Å². The number of carbonyl (C=O) groups is 1. The molecule has 0 radical (unpaired) electrons. The molecule has 0 saturated heterocycles. The van der Waals surface area contributed by atoms with E-state index in [0.717, 1.165) is 12.8 Å². The maximum atomic E-state index is 12.2. The van der Waals surface area contributed by atoms with Crippen molar-refractivity contribution in [3.05, 3.63) is 23.8 Å². The smallest absolute Gasteiger partial charge is 0.248 e. The molecule has 1 rings (SSSR count). The number of sulfonamides is 1. The van der Waals surface area contributed by atoms with Crippen molar-refractivity contribution in [2.45, 2.75) is 31.6 Å². The van der Waals surface area contributed by atoms with Gasteiger partial charge in [-0.3, -0.25) is 4.79 Å². The molecule has 0 aliphatic heterocycles. The van der Waals surface area contributed by atoms with Crippen LogP contribution >= 0.6 is 0 Å². The van der Waals surface area contributed by atoms with E-state index < -0.39 is 15.9 Å². The zero-order chi connectivity index (χ0) is 15.3. The Morgan fingerprint density at radius 1 is 1.30 bits per heavy atom. The summed E-state index contributed by atoms with van der Waals surface area (Å²) in [4.78, 5) is 11.0. The Morgan fingerprint density at radius 3 is 2.35 bits per heavy atom. The molecule has 0 aliphatic carbocycles. The van der Waals surface area contributed by atoms with Crippen LogP contribution in [0.3, 0.4) is 0 Å². The highest BCUT2D eigenvalue weighted by Gasteiger charge is 2.19. The van der Waals surface area contributed by atoms with Gasteiger partial charge in [-0.2, -0.15) is 0 Å². The Hall–Kier alpha value is -1.60. The Labute approximate surface area is 119 Å². The lowest BCUT2D eigenvalue weighted by Crippen LogP contribution is -2.29. The van der Waals surface area contributed by atoms with Gasteiger partial charge in [-0.05, 0) is 24.1 Å². The lowest BCUT2D eigenvalue weighted by atomic mass is 10.0. The van der Waals surface area contributed by atoms with Crippen LogP contribution in [-0.2, 0) is 10.0 Å². The van der Waals surface area contributed by atoms with Crippen LogP contribution in [0.15, 0.2) is 23.1 Å². The van der Waals surface area contributed by atoms with Crippen molar-refractivity contribution in [2.24, 2.45) is 11.7 Å². The van der Waals surface area contributed by atoms with Gasteiger partial charge in [0, 0.05) is 12.1 Å². The van der Waals surface area contributed by atoms with E-state index in [-0.39, 0.29) is 22.1 Å². The summed E-state index contributed by atoms with van der Waals surface area (Å²) < 4.78 is 26.9. The van der Waals surface area contributed by atoms with Gasteiger partial charge in [0.05, 0.1) is 5.69 Å². The summed E-state index contributed by atoms with van der Waals surface area (Å²) in [5.41, 5.74) is 11.0. The van der Waals surface area contributed by atoms with E-state index in [1.165, 1.54) is 18.2 Å². The number of hydrogen-bond acceptors (Lipinski definition) is 4. The number of nitrogen functional groups attached to an aromatic ring is 1. The summed E-state index contributed by atoms with van der Waals surface area (Å²) >= 11 is 0. The molecule has 7 heteroatoms. The maximum absolute atomic E-state index is 12.2. The molecule has 1 aromatic carbocycles. The number of nitrogens with two attached hydrogens (primary N) is 2. The fraction of sp³-hybridized carbons (Fsp3) is 0.462. The molecule has 0 spiro atoms. The van der Waals surface area contributed by atoms with Crippen molar-refractivity contribution in [2.75, 3.05) is 12.3 Å². The minimum Gasteiger partial charge on any atom is -0.398 e. The Kier molecular flexibility index (Phi) is 5.52. The summed E-state index contributed by atoms with van der Waals surface area (Å²) in [6, 6.07) is 3.92. The van der Waals surface area contributed by atoms with Gasteiger partial charge >= 0.3 is 0 Å². The van der Waals surface area contributed by atoms with E-state index in [2.05, 4.69) is 4.72 Å². The second kappa shape index (κ2) is 6.71. The molecule has 112 valence electrons. The lowest BCUT2D eigenvalue weighted by Gasteiger charge is -2.14. The number of anilines is 1. The van der Waals surface area contributed by atoms with Gasteiger partial charge in [0.1, 0.15) is 4.90 Å². The second-order valence-electron chi connectivity index (χ2n) is 4.65. The van der Waals surface area contributed by atoms with Gasteiger partial charge in [-0.15, -0.1) is 0 Å². The zero-order valence-corrected chi connectivity index (χ0v) is 12.5. The third kappa shape index (κ3) is 3.94. The highest BCUT2D eigenvalue weighted by Crippen LogP contribution is 2.20. The fourth-order valence-corrected chi connectivity index (χ4v) is 3.06. The molecule has 5 N–H and O–H groups in total. The molecule has 20 heavy (non-hydrogen) atoms. The van der Waals surface area contributed by atoms with Crippen molar-refractivity contribution >= 4 is 21.6 Å². The van der Waals surface area contributed by atoms with Crippen LogP contribution in [0.1, 0.15) is 37.0 Å². The Bertz CT molecular complexity index is 581. The second-order valence-corrected chi connectivity index (χ2v) is 6.39. The monoisotopic (exact) mass is 299 g/mol. The van der Waals surface area contributed by atoms with E-state index in [1.807, 2.05) is 13.8 Å². The summed E-state index contributed by atoms with van der Waals surface area (Å²) in [5.74, 6) is -0.360. The van der Waals surface area contributed by atoms with Gasteiger partial charge < -0.3 is 11.5 Å². The highest BCUT2D eigenvalue weighted by molar-refractivity contribution is 7.89. The molecule has 0 fully saturated rings. The van der Waals surface area contributed by atoms with Gasteiger partial charge in [-0.25, -0.2) is 13.1 Å². The number of hydrogen-bond donors (Lipinski definition) is 3. The maximum Gasteiger partial charge on any atom is 0.248 e. The lowest BCUT2D eigenvalue weighted by molar-refractivity contribution is 0.1000. The van der Waals surface area contributed by atoms with E-state index >= 15 is 0 Å². The topological polar surface area (TPSA) is 115 Å². The molecule has 6 nitrogen and oxygen atoms in total. The van der Waals surface area contributed by atoms with Crippen LogP contribution in [0.4, 0.5) is 5.69 Å². The predicted octanol–water partition coefficient (Wildman–Crippen LogP) is 1.08. The van der Waals surface area contributed by atoms with Crippen molar-refractivity contribution in [1.82, 2.24) is 4.72 Å². The number of amides is 1. The first-order valence-electron chi connectivity index (χ1n) is 6.50. The van der Waals surface area contributed by atoms with Crippen molar-refractivity contribution in [3.8, 4) is 0 Å². The molecule has 0 saturated carbocycles. The third-order valence-electron chi connectivity index (χ3n) is 3.30. The number of carbonyl (C=O) groups excluding carboxylic acids is 1. The standard InChI is InChI=1S/C13H21N3O3S/c1-3-9(4-2)8-16-20(18,19)12-6-5-10(13(15)17)7-11(12)14/h5-7,9,16H,3-4,8,14H2,1-2H3,(H2,15,17). The largest absolute Gasteiger partial charge is 0.398 e. The highest BCUT2D eigenvalue weighted by atomic mass is 32.2. The van der Waals surface area contributed by atoms with E-state index in [4.69, 9.17) is 11.5 Å². The van der Waals surface area contributed by atoms with E-state index in [0.29, 0.717) is 6.54 Å².